The highest BCUT2D eigenvalue weighted by Crippen LogP contribution is 2.30. The van der Waals surface area contributed by atoms with Crippen molar-refractivity contribution >= 4 is 17.7 Å². The van der Waals surface area contributed by atoms with Crippen LogP contribution in [0.5, 0.6) is 0 Å². The Morgan fingerprint density at radius 3 is 2.11 bits per heavy atom. The molecule has 3 aromatic rings. The molecular weight excluding hydrogens is 625 g/mol. The molecule has 1 aliphatic heterocycles. The van der Waals surface area contributed by atoms with Crippen LogP contribution in [-0.4, -0.2) is 62.7 Å². The van der Waals surface area contributed by atoms with Gasteiger partial charge in [0.1, 0.15) is 36.4 Å². The first-order valence-electron chi connectivity index (χ1n) is 14.2. The maximum atomic E-state index is 15.0. The van der Waals surface area contributed by atoms with Crippen molar-refractivity contribution in [3.05, 3.63) is 101 Å². The molecule has 1 saturated heterocycles. The molecule has 0 unspecified atom stereocenters. The number of morpholine rings is 1. The molecule has 0 aliphatic carbocycles. The van der Waals surface area contributed by atoms with E-state index < -0.39 is 72.1 Å². The summed E-state index contributed by atoms with van der Waals surface area (Å²) in [4.78, 5) is 24.8. The van der Waals surface area contributed by atoms with Gasteiger partial charge in [0.25, 0.3) is 0 Å². The van der Waals surface area contributed by atoms with Crippen molar-refractivity contribution < 1.29 is 49.8 Å². The van der Waals surface area contributed by atoms with Gasteiger partial charge in [-0.3, -0.25) is 4.79 Å². The molecule has 1 fully saturated rings. The van der Waals surface area contributed by atoms with Gasteiger partial charge in [0.2, 0.25) is 5.91 Å². The summed E-state index contributed by atoms with van der Waals surface area (Å²) < 4.78 is 104. The number of alkyl halides is 3. The van der Waals surface area contributed by atoms with E-state index in [1.54, 1.807) is 5.32 Å². The van der Waals surface area contributed by atoms with E-state index in [4.69, 9.17) is 15.2 Å². The zero-order chi connectivity index (χ0) is 33.4. The fraction of sp³-hybridized carbons (Fsp3) is 0.355. The minimum Gasteiger partial charge on any atom is -0.448 e. The second kappa shape index (κ2) is 15.4. The average molecular weight is 657 g/mol. The summed E-state index contributed by atoms with van der Waals surface area (Å²) in [5.74, 6) is -4.57. The number of hydrogen-bond donors (Lipinski definition) is 4. The number of ether oxygens (including phenoxy) is 2. The minimum atomic E-state index is -4.58. The lowest BCUT2D eigenvalue weighted by molar-refractivity contribution is -0.124. The number of carbonyl (C=O) groups is 2. The van der Waals surface area contributed by atoms with E-state index in [-0.39, 0.29) is 43.9 Å². The topological polar surface area (TPSA) is 115 Å². The Morgan fingerprint density at radius 1 is 0.957 bits per heavy atom. The number of alkyl carbamates (subject to hydrolysis) is 1. The molecule has 248 valence electrons. The average Bonchev–Trinajstić information content (AvgIpc) is 3.00. The molecule has 15 heteroatoms. The molecule has 1 aliphatic rings. The van der Waals surface area contributed by atoms with Gasteiger partial charge < -0.3 is 31.2 Å². The maximum absolute atomic E-state index is 15.0. The Balaban J connectivity index is 1.38. The van der Waals surface area contributed by atoms with Crippen LogP contribution in [0, 0.1) is 23.3 Å². The van der Waals surface area contributed by atoms with Gasteiger partial charge in [0.05, 0.1) is 24.8 Å². The fourth-order valence-corrected chi connectivity index (χ4v) is 4.95. The highest BCUT2D eigenvalue weighted by molar-refractivity contribution is 5.96. The van der Waals surface area contributed by atoms with Gasteiger partial charge in [-0.25, -0.2) is 22.4 Å². The van der Waals surface area contributed by atoms with Crippen molar-refractivity contribution in [3.8, 4) is 0 Å². The van der Waals surface area contributed by atoms with Crippen molar-refractivity contribution in [2.75, 3.05) is 31.6 Å². The number of nitrogens with two attached hydrogens (primary N) is 1. The number of carbonyl (C=O) groups excluding carboxylic acids is 2. The molecule has 0 bridgehead atoms. The summed E-state index contributed by atoms with van der Waals surface area (Å²) in [5, 5.41) is 7.12. The predicted octanol–water partition coefficient (Wildman–Crippen LogP) is 4.92. The Hall–Kier alpha value is -4.21. The Labute approximate surface area is 259 Å². The SMILES string of the molecule is N[C@H](C(=O)Nc1cc(F)cc(F)c1CC[C@@H]1CN[C@H](COC(=O)NCC(F)(F)F)CO1)C(c1ccc(F)cc1)c1ccc(F)cc1. The van der Waals surface area contributed by atoms with Gasteiger partial charge in [-0.05, 0) is 54.3 Å². The number of nitrogens with one attached hydrogen (secondary N) is 3. The lowest BCUT2D eigenvalue weighted by Gasteiger charge is -2.30. The molecule has 0 aromatic heterocycles. The van der Waals surface area contributed by atoms with Crippen LogP contribution in [0.3, 0.4) is 0 Å². The van der Waals surface area contributed by atoms with Crippen molar-refractivity contribution in [1.29, 1.82) is 0 Å². The third-order valence-electron chi connectivity index (χ3n) is 7.27. The maximum Gasteiger partial charge on any atom is 0.407 e. The highest BCUT2D eigenvalue weighted by Gasteiger charge is 2.30. The van der Waals surface area contributed by atoms with E-state index >= 15 is 0 Å². The lowest BCUT2D eigenvalue weighted by atomic mass is 9.85. The number of amides is 2. The van der Waals surface area contributed by atoms with Crippen LogP contribution < -0.4 is 21.7 Å². The Morgan fingerprint density at radius 2 is 1.57 bits per heavy atom. The number of benzene rings is 3. The van der Waals surface area contributed by atoms with Gasteiger partial charge in [-0.15, -0.1) is 0 Å². The van der Waals surface area contributed by atoms with E-state index in [0.717, 1.165) is 6.07 Å². The first-order valence-corrected chi connectivity index (χ1v) is 14.2. The summed E-state index contributed by atoms with van der Waals surface area (Å²) in [6.45, 7) is -1.52. The monoisotopic (exact) mass is 656 g/mol. The van der Waals surface area contributed by atoms with Crippen LogP contribution in [0.4, 0.5) is 41.2 Å². The van der Waals surface area contributed by atoms with Crippen molar-refractivity contribution in [2.45, 2.75) is 43.1 Å². The molecule has 46 heavy (non-hydrogen) atoms. The second-order valence-electron chi connectivity index (χ2n) is 10.7. The van der Waals surface area contributed by atoms with E-state index in [9.17, 15) is 40.3 Å². The second-order valence-corrected chi connectivity index (χ2v) is 10.7. The van der Waals surface area contributed by atoms with E-state index in [1.807, 2.05) is 0 Å². The van der Waals surface area contributed by atoms with Gasteiger partial charge in [0.15, 0.2) is 0 Å². The minimum absolute atomic E-state index is 0.00365. The molecule has 3 atom stereocenters. The van der Waals surface area contributed by atoms with Crippen LogP contribution in [0.2, 0.25) is 0 Å². The molecule has 5 N–H and O–H groups in total. The summed E-state index contributed by atoms with van der Waals surface area (Å²) >= 11 is 0. The largest absolute Gasteiger partial charge is 0.448 e. The quantitative estimate of drug-likeness (QED) is 0.218. The van der Waals surface area contributed by atoms with Crippen molar-refractivity contribution in [1.82, 2.24) is 10.6 Å². The van der Waals surface area contributed by atoms with E-state index in [0.29, 0.717) is 17.2 Å². The molecule has 0 spiro atoms. The van der Waals surface area contributed by atoms with Crippen molar-refractivity contribution in [3.63, 3.8) is 0 Å². The van der Waals surface area contributed by atoms with Gasteiger partial charge >= 0.3 is 12.3 Å². The standard InChI is InChI=1S/C31H31F7N4O4/c32-19-5-1-17(2-6-19)27(18-3-7-20(33)8-4-18)28(39)29(43)42-26-12-21(34)11-25(35)24(26)10-9-23-13-40-22(14-45-23)15-46-30(44)41-16-31(36,37)38/h1-8,11-12,22-23,27-28,40H,9-10,13-16,39H2,(H,41,44)(H,42,43)/t22-,23+,28-/m0/s1. The summed E-state index contributed by atoms with van der Waals surface area (Å²) in [6.07, 6.45) is -6.05. The number of halogens is 7. The van der Waals surface area contributed by atoms with Crippen LogP contribution in [0.1, 0.15) is 29.0 Å². The highest BCUT2D eigenvalue weighted by atomic mass is 19.4. The first kappa shape index (κ1) is 34.7. The molecule has 0 radical (unpaired) electrons. The Kier molecular flexibility index (Phi) is 11.6. The van der Waals surface area contributed by atoms with E-state index in [2.05, 4.69) is 10.6 Å². The van der Waals surface area contributed by atoms with Gasteiger partial charge in [0, 0.05) is 29.8 Å². The lowest BCUT2D eigenvalue weighted by Crippen LogP contribution is -2.49. The molecular formula is C31H31F7N4O4. The van der Waals surface area contributed by atoms with Crippen molar-refractivity contribution in [2.24, 2.45) is 5.73 Å². The zero-order valence-electron chi connectivity index (χ0n) is 24.2. The van der Waals surface area contributed by atoms with Crippen LogP contribution >= 0.6 is 0 Å². The third kappa shape index (κ3) is 9.89. The van der Waals surface area contributed by atoms with Crippen LogP contribution in [0.15, 0.2) is 60.7 Å². The summed E-state index contributed by atoms with van der Waals surface area (Å²) in [5.41, 5.74) is 7.09. The fourth-order valence-electron chi connectivity index (χ4n) is 4.95. The van der Waals surface area contributed by atoms with Gasteiger partial charge in [-0.2, -0.15) is 13.2 Å². The normalized spacial score (nSPS) is 17.4. The first-order chi connectivity index (χ1) is 21.8. The molecule has 1 heterocycles. The molecule has 0 saturated carbocycles. The molecule has 2 amide bonds. The van der Waals surface area contributed by atoms with Gasteiger partial charge in [-0.1, -0.05) is 24.3 Å². The van der Waals surface area contributed by atoms with Crippen LogP contribution in [0.25, 0.3) is 0 Å². The zero-order valence-corrected chi connectivity index (χ0v) is 24.2. The van der Waals surface area contributed by atoms with E-state index in [1.165, 1.54) is 48.5 Å². The summed E-state index contributed by atoms with van der Waals surface area (Å²) in [6, 6.07) is 10.2. The van der Waals surface area contributed by atoms with Crippen LogP contribution in [-0.2, 0) is 20.7 Å². The third-order valence-corrected chi connectivity index (χ3v) is 7.27. The Bertz CT molecular complexity index is 1440. The summed E-state index contributed by atoms with van der Waals surface area (Å²) in [7, 11) is 0. The smallest absolute Gasteiger partial charge is 0.407 e. The molecule has 3 aromatic carbocycles. The molecule has 8 nitrogen and oxygen atoms in total. The molecule has 4 rings (SSSR count). The number of hydrogen-bond acceptors (Lipinski definition) is 6. The number of rotatable bonds is 11. The number of anilines is 1. The predicted molar refractivity (Wildman–Crippen MR) is 153 cm³/mol.